The summed E-state index contributed by atoms with van der Waals surface area (Å²) in [7, 11) is 0. The molecule has 124 valence electrons. The quantitative estimate of drug-likeness (QED) is 0.704. The fraction of sp³-hybridized carbons (Fsp3) is 0.312. The van der Waals surface area contributed by atoms with E-state index in [4.69, 9.17) is 16.3 Å². The van der Waals surface area contributed by atoms with E-state index in [1.165, 1.54) is 6.20 Å². The predicted molar refractivity (Wildman–Crippen MR) is 83.8 cm³/mol. The highest BCUT2D eigenvalue weighted by Gasteiger charge is 2.42. The van der Waals surface area contributed by atoms with Gasteiger partial charge in [-0.2, -0.15) is 5.10 Å². The van der Waals surface area contributed by atoms with Crippen molar-refractivity contribution < 1.29 is 13.5 Å². The highest BCUT2D eigenvalue weighted by atomic mass is 35.5. The summed E-state index contributed by atoms with van der Waals surface area (Å²) in [5.74, 6) is 0.878. The van der Waals surface area contributed by atoms with Crippen LogP contribution in [-0.2, 0) is 0 Å². The van der Waals surface area contributed by atoms with Crippen molar-refractivity contribution in [2.45, 2.75) is 24.7 Å². The molecule has 1 fully saturated rings. The molecule has 1 aliphatic rings. The lowest BCUT2D eigenvalue weighted by Crippen LogP contribution is -2.07. The molecule has 24 heavy (non-hydrogen) atoms. The van der Waals surface area contributed by atoms with Crippen molar-refractivity contribution in [3.8, 4) is 5.75 Å². The van der Waals surface area contributed by atoms with Gasteiger partial charge in [-0.25, -0.2) is 18.3 Å². The number of hydrogen-bond donors (Lipinski definition) is 0. The molecule has 1 unspecified atom stereocenters. The van der Waals surface area contributed by atoms with E-state index in [0.29, 0.717) is 10.9 Å². The fourth-order valence-electron chi connectivity index (χ4n) is 2.90. The van der Waals surface area contributed by atoms with E-state index in [2.05, 4.69) is 15.1 Å². The number of aromatic nitrogens is 4. The Kier molecular flexibility index (Phi) is 3.80. The minimum atomic E-state index is -2.49. The molecule has 1 aliphatic carbocycles. The van der Waals surface area contributed by atoms with Gasteiger partial charge in [0.2, 0.25) is 0 Å². The second-order valence-corrected chi connectivity index (χ2v) is 6.07. The number of halogens is 3. The Morgan fingerprint density at radius 3 is 2.92 bits per heavy atom. The Balaban J connectivity index is 1.52. The minimum absolute atomic E-state index is 0.258. The third kappa shape index (κ3) is 2.91. The SMILES string of the molecule is FC(F)COc1ccc([C@H]2CC2c2cc(Cl)nn3ccnc23)nc1. The van der Waals surface area contributed by atoms with Crippen molar-refractivity contribution in [3.05, 3.63) is 53.2 Å². The first-order valence-electron chi connectivity index (χ1n) is 7.48. The Morgan fingerprint density at radius 1 is 1.29 bits per heavy atom. The Labute approximate surface area is 141 Å². The van der Waals surface area contributed by atoms with E-state index < -0.39 is 13.0 Å². The maximum atomic E-state index is 12.1. The van der Waals surface area contributed by atoms with E-state index in [1.54, 1.807) is 23.0 Å². The zero-order valence-corrected chi connectivity index (χ0v) is 13.2. The van der Waals surface area contributed by atoms with Crippen LogP contribution in [0.2, 0.25) is 5.15 Å². The average Bonchev–Trinajstić information content (AvgIpc) is 3.22. The molecule has 0 radical (unpaired) electrons. The standard InChI is InChI=1S/C16H13ClF2N4O/c17-14-6-12(16-20-3-4-23(16)22-14)10-5-11(10)13-2-1-9(7-21-13)24-8-15(18)19/h1-4,6-7,10-11,15H,5,8H2/t10?,11-/m0/s1. The Bertz CT molecular complexity index is 868. The molecule has 4 rings (SSSR count). The molecule has 0 bridgehead atoms. The molecular weight excluding hydrogens is 338 g/mol. The van der Waals surface area contributed by atoms with Crippen molar-refractivity contribution >= 4 is 17.2 Å². The number of rotatable bonds is 5. The number of hydrogen-bond acceptors (Lipinski definition) is 4. The van der Waals surface area contributed by atoms with E-state index >= 15 is 0 Å². The molecule has 5 nitrogen and oxygen atoms in total. The molecule has 3 aromatic heterocycles. The van der Waals surface area contributed by atoms with Crippen LogP contribution in [0.25, 0.3) is 5.65 Å². The van der Waals surface area contributed by atoms with Crippen LogP contribution in [0.1, 0.15) is 29.5 Å². The van der Waals surface area contributed by atoms with Gasteiger partial charge in [0.15, 0.2) is 5.65 Å². The lowest BCUT2D eigenvalue weighted by molar-refractivity contribution is 0.0817. The maximum Gasteiger partial charge on any atom is 0.272 e. The molecular formula is C16H13ClF2N4O. The van der Waals surface area contributed by atoms with Gasteiger partial charge in [-0.3, -0.25) is 4.98 Å². The van der Waals surface area contributed by atoms with Gasteiger partial charge in [-0.05, 0) is 30.5 Å². The van der Waals surface area contributed by atoms with Crippen molar-refractivity contribution in [1.82, 2.24) is 19.6 Å². The molecule has 0 aliphatic heterocycles. The van der Waals surface area contributed by atoms with Crippen molar-refractivity contribution in [2.24, 2.45) is 0 Å². The number of ether oxygens (including phenoxy) is 1. The molecule has 0 aromatic carbocycles. The van der Waals surface area contributed by atoms with Gasteiger partial charge >= 0.3 is 0 Å². The molecule has 8 heteroatoms. The van der Waals surface area contributed by atoms with Crippen molar-refractivity contribution in [1.29, 1.82) is 0 Å². The Hall–Kier alpha value is -2.28. The van der Waals surface area contributed by atoms with Crippen LogP contribution in [0, 0.1) is 0 Å². The molecule has 2 atom stereocenters. The number of fused-ring (bicyclic) bond motifs is 1. The minimum Gasteiger partial charge on any atom is -0.486 e. The monoisotopic (exact) mass is 350 g/mol. The van der Waals surface area contributed by atoms with Gasteiger partial charge in [0.05, 0.1) is 6.20 Å². The highest BCUT2D eigenvalue weighted by Crippen LogP contribution is 2.55. The number of imidazole rings is 1. The summed E-state index contributed by atoms with van der Waals surface area (Å²) in [6, 6.07) is 5.33. The van der Waals surface area contributed by atoms with Crippen molar-refractivity contribution in [2.75, 3.05) is 6.61 Å². The second-order valence-electron chi connectivity index (χ2n) is 5.69. The molecule has 0 spiro atoms. The average molecular weight is 351 g/mol. The zero-order chi connectivity index (χ0) is 16.7. The fourth-order valence-corrected chi connectivity index (χ4v) is 3.10. The summed E-state index contributed by atoms with van der Waals surface area (Å²) in [5.41, 5.74) is 2.75. The van der Waals surface area contributed by atoms with Crippen LogP contribution in [-0.4, -0.2) is 32.6 Å². The second kappa shape index (κ2) is 5.98. The normalized spacial score (nSPS) is 19.8. The smallest absolute Gasteiger partial charge is 0.272 e. The summed E-state index contributed by atoms with van der Waals surface area (Å²) in [5, 5.41) is 4.60. The van der Waals surface area contributed by atoms with Crippen LogP contribution < -0.4 is 4.74 Å². The summed E-state index contributed by atoms with van der Waals surface area (Å²) in [4.78, 5) is 8.67. The first kappa shape index (κ1) is 15.3. The molecule has 3 aromatic rings. The Morgan fingerprint density at radius 2 is 2.17 bits per heavy atom. The van der Waals surface area contributed by atoms with E-state index in [-0.39, 0.29) is 11.8 Å². The lowest BCUT2D eigenvalue weighted by Gasteiger charge is -2.06. The van der Waals surface area contributed by atoms with E-state index in [1.807, 2.05) is 12.1 Å². The summed E-state index contributed by atoms with van der Waals surface area (Å²) in [6.45, 7) is -0.625. The maximum absolute atomic E-state index is 12.1. The van der Waals surface area contributed by atoms with Crippen LogP contribution in [0.15, 0.2) is 36.8 Å². The summed E-state index contributed by atoms with van der Waals surface area (Å²) < 4.78 is 30.9. The van der Waals surface area contributed by atoms with E-state index in [0.717, 1.165) is 23.3 Å². The van der Waals surface area contributed by atoms with Gasteiger partial charge in [-0.15, -0.1) is 0 Å². The van der Waals surface area contributed by atoms with Crippen LogP contribution in [0.3, 0.4) is 0 Å². The third-order valence-electron chi connectivity index (χ3n) is 4.06. The lowest BCUT2D eigenvalue weighted by atomic mass is 10.1. The predicted octanol–water partition coefficient (Wildman–Crippen LogP) is 3.69. The van der Waals surface area contributed by atoms with Crippen LogP contribution in [0.4, 0.5) is 8.78 Å². The first-order valence-corrected chi connectivity index (χ1v) is 7.86. The highest BCUT2D eigenvalue weighted by molar-refractivity contribution is 6.29. The molecule has 0 amide bonds. The topological polar surface area (TPSA) is 52.3 Å². The van der Waals surface area contributed by atoms with E-state index in [9.17, 15) is 8.78 Å². The van der Waals surface area contributed by atoms with Crippen LogP contribution >= 0.6 is 11.6 Å². The molecule has 0 N–H and O–H groups in total. The summed E-state index contributed by atoms with van der Waals surface area (Å²) in [6.07, 6.45) is 3.37. The van der Waals surface area contributed by atoms with Crippen LogP contribution in [0.5, 0.6) is 5.75 Å². The molecule has 3 heterocycles. The molecule has 1 saturated carbocycles. The van der Waals surface area contributed by atoms with Gasteiger partial charge in [-0.1, -0.05) is 11.6 Å². The van der Waals surface area contributed by atoms with Gasteiger partial charge in [0.25, 0.3) is 6.43 Å². The number of pyridine rings is 1. The van der Waals surface area contributed by atoms with Gasteiger partial charge in [0.1, 0.15) is 17.5 Å². The molecule has 0 saturated heterocycles. The largest absolute Gasteiger partial charge is 0.486 e. The van der Waals surface area contributed by atoms with Gasteiger partial charge in [0, 0.05) is 29.6 Å². The van der Waals surface area contributed by atoms with Crippen molar-refractivity contribution in [3.63, 3.8) is 0 Å². The number of nitrogens with zero attached hydrogens (tertiary/aromatic N) is 4. The number of alkyl halides is 2. The summed E-state index contributed by atoms with van der Waals surface area (Å²) >= 11 is 6.07. The first-order chi connectivity index (χ1) is 11.6. The zero-order valence-electron chi connectivity index (χ0n) is 12.4. The third-order valence-corrected chi connectivity index (χ3v) is 4.25. The van der Waals surface area contributed by atoms with Gasteiger partial charge < -0.3 is 4.74 Å².